The molecule has 0 saturated carbocycles. The molecule has 0 radical (unpaired) electrons. The number of furan rings is 1. The number of nitrogens with zero attached hydrogens (tertiary/aromatic N) is 2. The molecule has 6 heteroatoms. The quantitative estimate of drug-likeness (QED) is 0.526. The van der Waals surface area contributed by atoms with Gasteiger partial charge >= 0.3 is 0 Å². The van der Waals surface area contributed by atoms with Crippen LogP contribution < -0.4 is 5.32 Å². The summed E-state index contributed by atoms with van der Waals surface area (Å²) in [5, 5.41) is 4.18. The average Bonchev–Trinajstić information content (AvgIpc) is 3.14. The Kier molecular flexibility index (Phi) is 6.78. The highest BCUT2D eigenvalue weighted by Crippen LogP contribution is 2.32. The van der Waals surface area contributed by atoms with Crippen LogP contribution >= 0.6 is 0 Å². The Morgan fingerprint density at radius 1 is 1.18 bits per heavy atom. The van der Waals surface area contributed by atoms with Crippen molar-refractivity contribution in [3.63, 3.8) is 0 Å². The first kappa shape index (κ1) is 24.0. The molecule has 1 N–H and O–H groups in total. The van der Waals surface area contributed by atoms with Gasteiger partial charge in [-0.2, -0.15) is 0 Å². The normalized spacial score (nSPS) is 17.6. The minimum Gasteiger partial charge on any atom is -0.451 e. The van der Waals surface area contributed by atoms with Crippen molar-refractivity contribution >= 4 is 22.8 Å². The van der Waals surface area contributed by atoms with Crippen LogP contribution in [0.4, 0.5) is 0 Å². The highest BCUT2D eigenvalue weighted by atomic mass is 16.3. The second-order valence-electron chi connectivity index (χ2n) is 10.5. The fraction of sp³-hybridized carbons (Fsp3) is 0.464. The molecular formula is C28H35N3O3. The summed E-state index contributed by atoms with van der Waals surface area (Å²) in [5.74, 6) is 0.318. The minimum atomic E-state index is -0.515. The predicted molar refractivity (Wildman–Crippen MR) is 134 cm³/mol. The van der Waals surface area contributed by atoms with Gasteiger partial charge in [0.1, 0.15) is 5.58 Å². The maximum absolute atomic E-state index is 13.7. The van der Waals surface area contributed by atoms with E-state index in [0.717, 1.165) is 47.1 Å². The number of amides is 2. The van der Waals surface area contributed by atoms with Gasteiger partial charge in [0.15, 0.2) is 5.76 Å². The second-order valence-corrected chi connectivity index (χ2v) is 10.5. The number of hydrogen-bond acceptors (Lipinski definition) is 4. The van der Waals surface area contributed by atoms with Crippen molar-refractivity contribution in [2.24, 2.45) is 5.41 Å². The van der Waals surface area contributed by atoms with E-state index in [9.17, 15) is 9.59 Å². The minimum absolute atomic E-state index is 0.0112. The Morgan fingerprint density at radius 3 is 2.68 bits per heavy atom. The van der Waals surface area contributed by atoms with Crippen LogP contribution in [-0.2, 0) is 4.79 Å². The SMILES string of the molecule is Cc1ccc2oc(C(=O)N3CCCC[C@H]3C[C@@H](NC(=O)C(C)(C)C)c3ccccn3)c(C)c2c1. The van der Waals surface area contributed by atoms with E-state index in [4.69, 9.17) is 4.42 Å². The van der Waals surface area contributed by atoms with Gasteiger partial charge in [-0.3, -0.25) is 14.6 Å². The molecule has 0 spiro atoms. The van der Waals surface area contributed by atoms with Gasteiger partial charge in [0.2, 0.25) is 5.91 Å². The van der Waals surface area contributed by atoms with Crippen LogP contribution in [-0.4, -0.2) is 34.3 Å². The van der Waals surface area contributed by atoms with Crippen molar-refractivity contribution in [1.29, 1.82) is 0 Å². The molecule has 1 aliphatic rings. The highest BCUT2D eigenvalue weighted by molar-refractivity contribution is 5.99. The molecule has 34 heavy (non-hydrogen) atoms. The zero-order valence-corrected chi connectivity index (χ0v) is 20.9. The number of aromatic nitrogens is 1. The molecule has 1 aromatic carbocycles. The van der Waals surface area contributed by atoms with E-state index in [1.54, 1.807) is 6.20 Å². The van der Waals surface area contributed by atoms with Crippen molar-refractivity contribution < 1.29 is 14.0 Å². The van der Waals surface area contributed by atoms with E-state index in [-0.39, 0.29) is 23.9 Å². The molecule has 3 heterocycles. The molecule has 0 bridgehead atoms. The Morgan fingerprint density at radius 2 is 1.97 bits per heavy atom. The lowest BCUT2D eigenvalue weighted by Gasteiger charge is -2.37. The van der Waals surface area contributed by atoms with Crippen LogP contribution in [0.5, 0.6) is 0 Å². The van der Waals surface area contributed by atoms with Gasteiger partial charge < -0.3 is 14.6 Å². The van der Waals surface area contributed by atoms with Gasteiger partial charge in [-0.1, -0.05) is 38.5 Å². The zero-order chi connectivity index (χ0) is 24.5. The molecule has 180 valence electrons. The number of hydrogen-bond donors (Lipinski definition) is 1. The number of rotatable bonds is 5. The fourth-order valence-electron chi connectivity index (χ4n) is 4.66. The molecule has 0 aliphatic carbocycles. The first-order valence-corrected chi connectivity index (χ1v) is 12.2. The van der Waals surface area contributed by atoms with Crippen molar-refractivity contribution in [2.75, 3.05) is 6.54 Å². The number of pyridine rings is 1. The number of carbonyl (C=O) groups is 2. The number of benzene rings is 1. The third kappa shape index (κ3) is 5.01. The summed E-state index contributed by atoms with van der Waals surface area (Å²) in [6, 6.07) is 11.5. The summed E-state index contributed by atoms with van der Waals surface area (Å²) in [7, 11) is 0. The van der Waals surface area contributed by atoms with E-state index in [1.807, 2.05) is 69.9 Å². The van der Waals surface area contributed by atoms with Gasteiger partial charge in [-0.05, 0) is 63.8 Å². The van der Waals surface area contributed by atoms with Crippen LogP contribution in [0.3, 0.4) is 0 Å². The smallest absolute Gasteiger partial charge is 0.290 e. The predicted octanol–water partition coefficient (Wildman–Crippen LogP) is 5.73. The Labute approximate surface area is 201 Å². The molecule has 0 unspecified atom stereocenters. The number of likely N-dealkylation sites (tertiary alicyclic amines) is 1. The summed E-state index contributed by atoms with van der Waals surface area (Å²) in [5.41, 5.74) is 3.06. The van der Waals surface area contributed by atoms with Crippen LogP contribution in [0, 0.1) is 19.3 Å². The van der Waals surface area contributed by atoms with Crippen molar-refractivity contribution in [2.45, 2.75) is 72.4 Å². The standard InChI is InChI=1S/C28H35N3O3/c1-18-12-13-24-21(16-18)19(2)25(34-24)26(32)31-15-9-7-10-20(31)17-23(22-11-6-8-14-29-22)30-27(33)28(3,4)5/h6,8,11-14,16,20,23H,7,9-10,15,17H2,1-5H3,(H,30,33)/t20-,23+/m0/s1. The number of carbonyl (C=O) groups excluding carboxylic acids is 2. The average molecular weight is 462 g/mol. The van der Waals surface area contributed by atoms with E-state index in [2.05, 4.69) is 16.4 Å². The molecule has 6 nitrogen and oxygen atoms in total. The first-order valence-electron chi connectivity index (χ1n) is 12.2. The second kappa shape index (κ2) is 9.61. The van der Waals surface area contributed by atoms with Crippen molar-refractivity contribution in [1.82, 2.24) is 15.2 Å². The molecular weight excluding hydrogens is 426 g/mol. The largest absolute Gasteiger partial charge is 0.451 e. The van der Waals surface area contributed by atoms with Gasteiger partial charge in [0, 0.05) is 35.1 Å². The van der Waals surface area contributed by atoms with Gasteiger partial charge in [0.05, 0.1) is 11.7 Å². The molecule has 1 aliphatic heterocycles. The maximum Gasteiger partial charge on any atom is 0.290 e. The topological polar surface area (TPSA) is 75.4 Å². The van der Waals surface area contributed by atoms with Crippen molar-refractivity contribution in [3.05, 3.63) is 65.2 Å². The monoisotopic (exact) mass is 461 g/mol. The number of nitrogens with one attached hydrogen (secondary N) is 1. The summed E-state index contributed by atoms with van der Waals surface area (Å²) < 4.78 is 6.04. The summed E-state index contributed by atoms with van der Waals surface area (Å²) in [6.45, 7) is 10.4. The maximum atomic E-state index is 13.7. The first-order chi connectivity index (χ1) is 16.1. The van der Waals surface area contributed by atoms with Crippen LogP contribution in [0.15, 0.2) is 47.0 Å². The van der Waals surface area contributed by atoms with E-state index < -0.39 is 5.41 Å². The lowest BCUT2D eigenvalue weighted by Crippen LogP contribution is -2.47. The third-order valence-corrected chi connectivity index (χ3v) is 6.71. The van der Waals surface area contributed by atoms with Gasteiger partial charge in [0.25, 0.3) is 5.91 Å². The lowest BCUT2D eigenvalue weighted by molar-refractivity contribution is -0.129. The van der Waals surface area contributed by atoms with Crippen molar-refractivity contribution in [3.8, 4) is 0 Å². The van der Waals surface area contributed by atoms with Crippen LogP contribution in [0.25, 0.3) is 11.0 Å². The Bertz CT molecular complexity index is 1180. The molecule has 4 rings (SSSR count). The van der Waals surface area contributed by atoms with Gasteiger partial charge in [-0.25, -0.2) is 0 Å². The van der Waals surface area contributed by atoms with Gasteiger partial charge in [-0.15, -0.1) is 0 Å². The fourth-order valence-corrected chi connectivity index (χ4v) is 4.66. The molecule has 2 amide bonds. The van der Waals surface area contributed by atoms with Crippen LogP contribution in [0.1, 0.15) is 79.9 Å². The van der Waals surface area contributed by atoms with E-state index in [0.29, 0.717) is 18.7 Å². The summed E-state index contributed by atoms with van der Waals surface area (Å²) in [6.07, 6.45) is 5.26. The van der Waals surface area contributed by atoms with E-state index >= 15 is 0 Å². The zero-order valence-electron chi connectivity index (χ0n) is 20.9. The van der Waals surface area contributed by atoms with E-state index in [1.165, 1.54) is 0 Å². The molecule has 1 fully saturated rings. The third-order valence-electron chi connectivity index (χ3n) is 6.71. The molecule has 1 saturated heterocycles. The summed E-state index contributed by atoms with van der Waals surface area (Å²) >= 11 is 0. The summed E-state index contributed by atoms with van der Waals surface area (Å²) in [4.78, 5) is 33.0. The Hall–Kier alpha value is -3.15. The highest BCUT2D eigenvalue weighted by Gasteiger charge is 2.34. The van der Waals surface area contributed by atoms with Crippen LogP contribution in [0.2, 0.25) is 0 Å². The molecule has 2 aromatic heterocycles. The lowest BCUT2D eigenvalue weighted by atomic mass is 9.91. The molecule has 2 atom stereocenters. The number of piperidine rings is 1. The molecule has 3 aromatic rings. The Balaban J connectivity index is 1.62. The number of aryl methyl sites for hydroxylation is 2. The number of fused-ring (bicyclic) bond motifs is 1.